The van der Waals surface area contributed by atoms with Crippen LogP contribution in [0.3, 0.4) is 0 Å². The van der Waals surface area contributed by atoms with Crippen LogP contribution in [0.25, 0.3) is 0 Å². The molecule has 0 rings (SSSR count). The number of hydrogen-bond donors (Lipinski definition) is 1. The van der Waals surface area contributed by atoms with E-state index in [4.69, 9.17) is 5.11 Å². The summed E-state index contributed by atoms with van der Waals surface area (Å²) < 4.78 is 0. The number of rotatable bonds is 1. The van der Waals surface area contributed by atoms with Crippen molar-refractivity contribution in [1.29, 1.82) is 0 Å². The first-order valence-electron chi connectivity index (χ1n) is 2.59. The Hall–Kier alpha value is -1.67. The van der Waals surface area contributed by atoms with E-state index in [9.17, 15) is 4.79 Å². The van der Waals surface area contributed by atoms with Gasteiger partial charge in [-0.05, 0) is 24.8 Å². The second-order valence-electron chi connectivity index (χ2n) is 1.32. The van der Waals surface area contributed by atoms with Gasteiger partial charge in [-0.2, -0.15) is 0 Å². The third kappa shape index (κ3) is 6.33. The molecule has 0 aliphatic carbocycles. The van der Waals surface area contributed by atoms with Crippen LogP contribution in [0.2, 0.25) is 0 Å². The molecule has 0 aromatic rings. The number of hydrogen-bond acceptors (Lipinski definition) is 1. The third-order valence-corrected chi connectivity index (χ3v) is 0.569. The monoisotopic (exact) mass is 134 g/mol. The second-order valence-corrected chi connectivity index (χ2v) is 1.32. The minimum atomic E-state index is -1.00. The molecule has 0 atom stereocenters. The SMILES string of the molecule is CC#CC#C/C=C/C(=O)O. The molecule has 50 valence electrons. The number of aliphatic carboxylic acids is 1. The van der Waals surface area contributed by atoms with E-state index >= 15 is 0 Å². The van der Waals surface area contributed by atoms with Crippen molar-refractivity contribution in [3.8, 4) is 23.7 Å². The van der Waals surface area contributed by atoms with Crippen molar-refractivity contribution in [3.63, 3.8) is 0 Å². The minimum Gasteiger partial charge on any atom is -0.478 e. The van der Waals surface area contributed by atoms with Gasteiger partial charge in [-0.1, -0.05) is 11.8 Å². The lowest BCUT2D eigenvalue weighted by molar-refractivity contribution is -0.131. The van der Waals surface area contributed by atoms with Crippen molar-refractivity contribution in [2.24, 2.45) is 0 Å². The largest absolute Gasteiger partial charge is 0.478 e. The zero-order valence-electron chi connectivity index (χ0n) is 5.51. The van der Waals surface area contributed by atoms with Crippen LogP contribution in [-0.4, -0.2) is 11.1 Å². The number of carboxylic acids is 1. The lowest BCUT2D eigenvalue weighted by atomic mass is 10.5. The Kier molecular flexibility index (Phi) is 4.55. The zero-order chi connectivity index (χ0) is 7.82. The van der Waals surface area contributed by atoms with Gasteiger partial charge in [0.15, 0.2) is 0 Å². The molecular weight excluding hydrogens is 128 g/mol. The summed E-state index contributed by atoms with van der Waals surface area (Å²) in [6.45, 7) is 1.66. The smallest absolute Gasteiger partial charge is 0.328 e. The first-order valence-corrected chi connectivity index (χ1v) is 2.59. The summed E-state index contributed by atoms with van der Waals surface area (Å²) in [5.74, 6) is 8.88. The molecule has 0 unspecified atom stereocenters. The Labute approximate surface area is 59.6 Å². The van der Waals surface area contributed by atoms with E-state index in [1.165, 1.54) is 6.08 Å². The van der Waals surface area contributed by atoms with Gasteiger partial charge in [0.05, 0.1) is 0 Å². The quantitative estimate of drug-likeness (QED) is 0.422. The summed E-state index contributed by atoms with van der Waals surface area (Å²) in [5, 5.41) is 8.08. The highest BCUT2D eigenvalue weighted by atomic mass is 16.4. The van der Waals surface area contributed by atoms with E-state index in [1.54, 1.807) is 6.92 Å². The standard InChI is InChI=1S/C8H6O2/c1-2-3-4-5-6-7-8(9)10/h6-7H,1H3,(H,9,10)/b7-6+. The lowest BCUT2D eigenvalue weighted by Crippen LogP contribution is -1.84. The van der Waals surface area contributed by atoms with Crippen molar-refractivity contribution in [2.45, 2.75) is 6.92 Å². The first kappa shape index (κ1) is 8.33. The molecule has 0 spiro atoms. The normalized spacial score (nSPS) is 7.30. The average molecular weight is 134 g/mol. The van der Waals surface area contributed by atoms with Gasteiger partial charge in [0.25, 0.3) is 0 Å². The van der Waals surface area contributed by atoms with Crippen molar-refractivity contribution in [3.05, 3.63) is 12.2 Å². The highest BCUT2D eigenvalue weighted by molar-refractivity contribution is 5.80. The highest BCUT2D eigenvalue weighted by Crippen LogP contribution is 1.68. The van der Waals surface area contributed by atoms with Gasteiger partial charge in [-0.15, -0.1) is 0 Å². The van der Waals surface area contributed by atoms with Gasteiger partial charge < -0.3 is 5.11 Å². The van der Waals surface area contributed by atoms with Crippen molar-refractivity contribution >= 4 is 5.97 Å². The molecule has 2 heteroatoms. The predicted octanol–water partition coefficient (Wildman–Crippen LogP) is 0.654. The number of carboxylic acid groups (broad SMARTS) is 1. The molecule has 0 aliphatic heterocycles. The highest BCUT2D eigenvalue weighted by Gasteiger charge is 1.78. The molecule has 0 bridgehead atoms. The minimum absolute atomic E-state index is 0.963. The van der Waals surface area contributed by atoms with Crippen LogP contribution in [-0.2, 0) is 4.79 Å². The van der Waals surface area contributed by atoms with Crippen LogP contribution >= 0.6 is 0 Å². The van der Waals surface area contributed by atoms with E-state index in [-0.39, 0.29) is 0 Å². The molecule has 0 radical (unpaired) electrons. The maximum Gasteiger partial charge on any atom is 0.328 e. The van der Waals surface area contributed by atoms with Crippen LogP contribution in [0.15, 0.2) is 12.2 Å². The molecule has 1 N–H and O–H groups in total. The van der Waals surface area contributed by atoms with Crippen molar-refractivity contribution < 1.29 is 9.90 Å². The molecule has 0 amide bonds. The maximum absolute atomic E-state index is 9.84. The van der Waals surface area contributed by atoms with E-state index in [0.717, 1.165) is 6.08 Å². The molecule has 0 aromatic heterocycles. The fraction of sp³-hybridized carbons (Fsp3) is 0.125. The van der Waals surface area contributed by atoms with Gasteiger partial charge in [-0.25, -0.2) is 4.79 Å². The lowest BCUT2D eigenvalue weighted by Gasteiger charge is -1.69. The number of allylic oxidation sites excluding steroid dienone is 1. The molecular formula is C8H6O2. The average Bonchev–Trinajstić information content (AvgIpc) is 1.87. The van der Waals surface area contributed by atoms with Crippen LogP contribution in [0.5, 0.6) is 0 Å². The maximum atomic E-state index is 9.84. The van der Waals surface area contributed by atoms with Crippen molar-refractivity contribution in [2.75, 3.05) is 0 Å². The van der Waals surface area contributed by atoms with E-state index in [2.05, 4.69) is 23.7 Å². The first-order chi connectivity index (χ1) is 4.77. The van der Waals surface area contributed by atoms with Crippen LogP contribution in [0, 0.1) is 23.7 Å². The molecule has 2 nitrogen and oxygen atoms in total. The van der Waals surface area contributed by atoms with E-state index in [0.29, 0.717) is 0 Å². The van der Waals surface area contributed by atoms with E-state index in [1.807, 2.05) is 0 Å². The molecule has 0 heterocycles. The summed E-state index contributed by atoms with van der Waals surface area (Å²) in [6, 6.07) is 0. The van der Waals surface area contributed by atoms with Crippen LogP contribution < -0.4 is 0 Å². The second kappa shape index (κ2) is 5.47. The van der Waals surface area contributed by atoms with Crippen molar-refractivity contribution in [1.82, 2.24) is 0 Å². The van der Waals surface area contributed by atoms with Gasteiger partial charge in [-0.3, -0.25) is 0 Å². The zero-order valence-corrected chi connectivity index (χ0v) is 5.51. The number of carbonyl (C=O) groups is 1. The van der Waals surface area contributed by atoms with Crippen LogP contribution in [0.4, 0.5) is 0 Å². The molecule has 10 heavy (non-hydrogen) atoms. The Balaban J connectivity index is 3.83. The summed E-state index contributed by atoms with van der Waals surface area (Å²) >= 11 is 0. The van der Waals surface area contributed by atoms with E-state index < -0.39 is 5.97 Å². The fourth-order valence-electron chi connectivity index (χ4n) is 0.253. The fourth-order valence-corrected chi connectivity index (χ4v) is 0.253. The topological polar surface area (TPSA) is 37.3 Å². The Bertz CT molecular complexity index is 252. The molecule has 0 saturated heterocycles. The molecule has 0 saturated carbocycles. The Morgan fingerprint density at radius 2 is 2.20 bits per heavy atom. The summed E-state index contributed by atoms with van der Waals surface area (Å²) in [5.41, 5.74) is 0. The third-order valence-electron chi connectivity index (χ3n) is 0.569. The summed E-state index contributed by atoms with van der Waals surface area (Å²) in [6.07, 6.45) is 2.21. The molecule has 0 fully saturated rings. The summed E-state index contributed by atoms with van der Waals surface area (Å²) in [4.78, 5) is 9.84. The van der Waals surface area contributed by atoms with Gasteiger partial charge in [0.2, 0.25) is 0 Å². The molecule has 0 aromatic carbocycles. The molecule has 0 aliphatic rings. The van der Waals surface area contributed by atoms with Gasteiger partial charge in [0, 0.05) is 6.08 Å². The van der Waals surface area contributed by atoms with Gasteiger partial charge >= 0.3 is 5.97 Å². The Morgan fingerprint density at radius 3 is 2.70 bits per heavy atom. The predicted molar refractivity (Wildman–Crippen MR) is 38.0 cm³/mol. The van der Waals surface area contributed by atoms with Gasteiger partial charge in [0.1, 0.15) is 0 Å². The van der Waals surface area contributed by atoms with Crippen LogP contribution in [0.1, 0.15) is 6.92 Å². The Morgan fingerprint density at radius 1 is 1.50 bits per heavy atom. The summed E-state index contributed by atoms with van der Waals surface area (Å²) in [7, 11) is 0.